The highest BCUT2D eigenvalue weighted by molar-refractivity contribution is 5.82. The van der Waals surface area contributed by atoms with Crippen LogP contribution in [0.1, 0.15) is 45.7 Å². The third kappa shape index (κ3) is 5.42. The van der Waals surface area contributed by atoms with Crippen molar-refractivity contribution in [2.45, 2.75) is 59.2 Å². The van der Waals surface area contributed by atoms with Gasteiger partial charge < -0.3 is 9.47 Å². The second-order valence-electron chi connectivity index (χ2n) is 8.06. The topological polar surface area (TPSA) is 99.0 Å². The van der Waals surface area contributed by atoms with E-state index in [4.69, 9.17) is 9.47 Å². The van der Waals surface area contributed by atoms with E-state index in [1.54, 1.807) is 26.8 Å². The monoisotopic (exact) mass is 378 g/mol. The highest BCUT2D eigenvalue weighted by Gasteiger charge is 2.38. The number of carbonyl (C=O) groups is 2. The fraction of sp³-hybridized carbons (Fsp3) is 0.579. The van der Waals surface area contributed by atoms with Crippen molar-refractivity contribution in [3.63, 3.8) is 0 Å². The molecule has 1 amide bonds. The average molecular weight is 378 g/mol. The van der Waals surface area contributed by atoms with Crippen molar-refractivity contribution in [2.75, 3.05) is 6.61 Å². The van der Waals surface area contributed by atoms with Gasteiger partial charge in [0.2, 0.25) is 0 Å². The summed E-state index contributed by atoms with van der Waals surface area (Å²) in [7, 11) is 0. The molecule has 0 aliphatic carbocycles. The Morgan fingerprint density at radius 1 is 1.30 bits per heavy atom. The van der Waals surface area contributed by atoms with Gasteiger partial charge in [-0.1, -0.05) is 19.9 Å². The fourth-order valence-electron chi connectivity index (χ4n) is 2.75. The first-order chi connectivity index (χ1) is 12.5. The molecule has 1 aromatic rings. The Hall–Kier alpha value is -2.64. The lowest BCUT2D eigenvalue weighted by atomic mass is 9.93. The van der Waals surface area contributed by atoms with Gasteiger partial charge in [0.05, 0.1) is 18.1 Å². The van der Waals surface area contributed by atoms with Gasteiger partial charge in [0.15, 0.2) is 0 Å². The summed E-state index contributed by atoms with van der Waals surface area (Å²) in [6.45, 7) is 9.36. The molecule has 1 aromatic carbocycles. The Morgan fingerprint density at radius 2 is 1.96 bits per heavy atom. The molecule has 0 saturated carbocycles. The van der Waals surface area contributed by atoms with Crippen LogP contribution in [0.25, 0.3) is 0 Å². The van der Waals surface area contributed by atoms with E-state index in [-0.39, 0.29) is 31.2 Å². The van der Waals surface area contributed by atoms with Gasteiger partial charge in [0.1, 0.15) is 11.6 Å². The van der Waals surface area contributed by atoms with Crippen LogP contribution < -0.4 is 0 Å². The van der Waals surface area contributed by atoms with Crippen molar-refractivity contribution in [2.24, 2.45) is 5.92 Å². The molecule has 1 atom stereocenters. The molecule has 27 heavy (non-hydrogen) atoms. The number of benzene rings is 1. The maximum atomic E-state index is 12.7. The molecule has 0 spiro atoms. The van der Waals surface area contributed by atoms with E-state index in [1.165, 1.54) is 17.0 Å². The Balaban J connectivity index is 2.32. The second kappa shape index (κ2) is 7.94. The molecular weight excluding hydrogens is 352 g/mol. The van der Waals surface area contributed by atoms with E-state index in [9.17, 15) is 19.7 Å². The smallest absolute Gasteiger partial charge is 0.411 e. The summed E-state index contributed by atoms with van der Waals surface area (Å²) in [5.41, 5.74) is 0.625. The van der Waals surface area contributed by atoms with Gasteiger partial charge in [-0.05, 0) is 37.8 Å². The van der Waals surface area contributed by atoms with Crippen LogP contribution >= 0.6 is 0 Å². The van der Waals surface area contributed by atoms with Crippen LogP contribution in [-0.2, 0) is 27.2 Å². The lowest BCUT2D eigenvalue weighted by Crippen LogP contribution is -2.51. The molecule has 1 heterocycles. The zero-order valence-corrected chi connectivity index (χ0v) is 16.4. The molecule has 0 N–H and O–H groups in total. The first-order valence-electron chi connectivity index (χ1n) is 8.90. The minimum Gasteiger partial charge on any atom is -0.464 e. The number of nitro groups is 1. The third-order valence-electron chi connectivity index (χ3n) is 3.99. The predicted molar refractivity (Wildman–Crippen MR) is 98.2 cm³/mol. The number of esters is 1. The summed E-state index contributed by atoms with van der Waals surface area (Å²) < 4.78 is 10.8. The number of non-ortho nitro benzene ring substituents is 1. The number of nitrogens with zero attached hydrogens (tertiary/aromatic N) is 2. The molecule has 0 aromatic heterocycles. The molecule has 1 aliphatic heterocycles. The van der Waals surface area contributed by atoms with Gasteiger partial charge in [-0.25, -0.2) is 9.59 Å². The van der Waals surface area contributed by atoms with Crippen molar-refractivity contribution in [3.05, 3.63) is 39.4 Å². The summed E-state index contributed by atoms with van der Waals surface area (Å²) in [4.78, 5) is 37.1. The maximum Gasteiger partial charge on any atom is 0.411 e. The molecular formula is C19H26N2O6. The van der Waals surface area contributed by atoms with Crippen LogP contribution in [0.2, 0.25) is 0 Å². The van der Waals surface area contributed by atoms with Crippen molar-refractivity contribution in [1.82, 2.24) is 4.90 Å². The Morgan fingerprint density at radius 3 is 2.52 bits per heavy atom. The summed E-state index contributed by atoms with van der Waals surface area (Å²) in [6, 6.07) is 3.64. The van der Waals surface area contributed by atoms with Gasteiger partial charge in [-0.2, -0.15) is 0 Å². The van der Waals surface area contributed by atoms with Crippen LogP contribution in [0.5, 0.6) is 0 Å². The minimum atomic E-state index is -0.826. The number of amides is 1. The summed E-state index contributed by atoms with van der Waals surface area (Å²) in [6.07, 6.45) is -0.421. The fourth-order valence-corrected chi connectivity index (χ4v) is 2.75. The summed E-state index contributed by atoms with van der Waals surface area (Å²) in [5.74, 6) is -0.332. The average Bonchev–Trinajstić information content (AvgIpc) is 2.56. The van der Waals surface area contributed by atoms with E-state index >= 15 is 0 Å². The molecule has 0 unspecified atom stereocenters. The van der Waals surface area contributed by atoms with E-state index in [1.807, 2.05) is 13.8 Å². The van der Waals surface area contributed by atoms with Crippen LogP contribution in [0.4, 0.5) is 10.5 Å². The van der Waals surface area contributed by atoms with Crippen LogP contribution in [0.15, 0.2) is 18.2 Å². The predicted octanol–water partition coefficient (Wildman–Crippen LogP) is 3.46. The second-order valence-corrected chi connectivity index (χ2v) is 8.06. The molecule has 0 saturated heterocycles. The SMILES string of the molecule is CC(C)COC(=O)[C@@H]1Cc2ccc([N+](=O)[O-])cc2CN1C(=O)OC(C)(C)C. The molecule has 8 nitrogen and oxygen atoms in total. The van der Waals surface area contributed by atoms with Crippen molar-refractivity contribution >= 4 is 17.7 Å². The molecule has 148 valence electrons. The van der Waals surface area contributed by atoms with Gasteiger partial charge in [0.25, 0.3) is 5.69 Å². The molecule has 1 aliphatic rings. The molecule has 2 rings (SSSR count). The van der Waals surface area contributed by atoms with Crippen molar-refractivity contribution < 1.29 is 24.0 Å². The highest BCUT2D eigenvalue weighted by atomic mass is 16.6. The number of rotatable bonds is 4. The molecule has 0 radical (unpaired) electrons. The third-order valence-corrected chi connectivity index (χ3v) is 3.99. The first kappa shape index (κ1) is 20.7. The van der Waals surface area contributed by atoms with Crippen LogP contribution in [0, 0.1) is 16.0 Å². The number of hydrogen-bond acceptors (Lipinski definition) is 6. The van der Waals surface area contributed by atoms with Crippen LogP contribution in [0.3, 0.4) is 0 Å². The lowest BCUT2D eigenvalue weighted by molar-refractivity contribution is -0.385. The Bertz CT molecular complexity index is 738. The van der Waals surface area contributed by atoms with E-state index < -0.39 is 28.6 Å². The normalized spacial score (nSPS) is 16.7. The minimum absolute atomic E-state index is 0.0490. The number of fused-ring (bicyclic) bond motifs is 1. The van der Waals surface area contributed by atoms with Gasteiger partial charge in [-0.15, -0.1) is 0 Å². The Kier molecular flexibility index (Phi) is 6.08. The standard InChI is InChI=1S/C19H26N2O6/c1-12(2)11-26-17(22)16-9-13-6-7-15(21(24)25)8-14(13)10-20(16)18(23)27-19(3,4)5/h6-8,12,16H,9-11H2,1-5H3/t16-/m0/s1. The number of hydrogen-bond donors (Lipinski definition) is 0. The molecule has 0 fully saturated rings. The number of ether oxygens (including phenoxy) is 2. The number of carbonyl (C=O) groups excluding carboxylic acids is 2. The lowest BCUT2D eigenvalue weighted by Gasteiger charge is -2.36. The van der Waals surface area contributed by atoms with E-state index in [2.05, 4.69) is 0 Å². The van der Waals surface area contributed by atoms with Gasteiger partial charge in [0, 0.05) is 18.6 Å². The van der Waals surface area contributed by atoms with E-state index in [0.717, 1.165) is 5.56 Å². The van der Waals surface area contributed by atoms with E-state index in [0.29, 0.717) is 5.56 Å². The zero-order valence-electron chi connectivity index (χ0n) is 16.4. The maximum absolute atomic E-state index is 12.7. The molecule has 0 bridgehead atoms. The van der Waals surface area contributed by atoms with Gasteiger partial charge >= 0.3 is 12.1 Å². The number of nitro benzene ring substituents is 1. The molecule has 8 heteroatoms. The quantitative estimate of drug-likeness (QED) is 0.452. The largest absolute Gasteiger partial charge is 0.464 e. The van der Waals surface area contributed by atoms with Crippen LogP contribution in [-0.4, -0.2) is 40.1 Å². The zero-order chi connectivity index (χ0) is 20.4. The Labute approximate surface area is 158 Å². The van der Waals surface area contributed by atoms with Crippen molar-refractivity contribution in [1.29, 1.82) is 0 Å². The summed E-state index contributed by atoms with van der Waals surface area (Å²) in [5, 5.41) is 11.0. The highest BCUT2D eigenvalue weighted by Crippen LogP contribution is 2.29. The van der Waals surface area contributed by atoms with Crippen molar-refractivity contribution in [3.8, 4) is 0 Å². The summed E-state index contributed by atoms with van der Waals surface area (Å²) >= 11 is 0. The van der Waals surface area contributed by atoms with Gasteiger partial charge in [-0.3, -0.25) is 15.0 Å². The first-order valence-corrected chi connectivity index (χ1v) is 8.90.